The highest BCUT2D eigenvalue weighted by Crippen LogP contribution is 2.25. The number of rotatable bonds is 7. The van der Waals surface area contributed by atoms with Crippen LogP contribution >= 0.6 is 0 Å². The number of aromatic nitrogens is 1. The van der Waals surface area contributed by atoms with E-state index >= 15 is 0 Å². The van der Waals surface area contributed by atoms with Gasteiger partial charge in [0, 0.05) is 28.7 Å². The molecule has 1 amide bonds. The molecule has 32 heavy (non-hydrogen) atoms. The fraction of sp³-hybridized carbons (Fsp3) is 0.185. The molecule has 1 heterocycles. The normalized spacial score (nSPS) is 11.2. The Hall–Kier alpha value is -3.86. The van der Waals surface area contributed by atoms with Crippen LogP contribution in [-0.4, -0.2) is 23.3 Å². The highest BCUT2D eigenvalue weighted by molar-refractivity contribution is 6.01. The number of fused-ring (bicyclic) bond motifs is 1. The summed E-state index contributed by atoms with van der Waals surface area (Å²) in [5.41, 5.74) is 9.06. The van der Waals surface area contributed by atoms with E-state index in [1.165, 1.54) is 5.56 Å². The van der Waals surface area contributed by atoms with Crippen molar-refractivity contribution in [3.05, 3.63) is 101 Å². The number of aryl methyl sites for hydroxylation is 2. The lowest BCUT2D eigenvalue weighted by atomic mass is 10.1. The van der Waals surface area contributed by atoms with Crippen LogP contribution in [0.15, 0.2) is 77.9 Å². The Balaban J connectivity index is 1.49. The van der Waals surface area contributed by atoms with Crippen LogP contribution in [0.2, 0.25) is 0 Å². The highest BCUT2D eigenvalue weighted by Gasteiger charge is 2.13. The van der Waals surface area contributed by atoms with Crippen molar-refractivity contribution in [2.45, 2.75) is 27.3 Å². The topological polar surface area (TPSA) is 55.6 Å². The third-order valence-corrected chi connectivity index (χ3v) is 5.60. The van der Waals surface area contributed by atoms with E-state index < -0.39 is 0 Å². The van der Waals surface area contributed by atoms with E-state index in [0.29, 0.717) is 0 Å². The minimum absolute atomic E-state index is 0.0855. The Kier molecular flexibility index (Phi) is 6.36. The van der Waals surface area contributed by atoms with Gasteiger partial charge in [-0.2, -0.15) is 5.10 Å². The zero-order chi connectivity index (χ0) is 22.5. The Labute approximate surface area is 188 Å². The molecule has 0 saturated carbocycles. The van der Waals surface area contributed by atoms with Gasteiger partial charge in [0.25, 0.3) is 5.91 Å². The van der Waals surface area contributed by atoms with Crippen molar-refractivity contribution in [1.82, 2.24) is 9.99 Å². The first-order chi connectivity index (χ1) is 15.5. The van der Waals surface area contributed by atoms with E-state index in [-0.39, 0.29) is 12.5 Å². The smallest absolute Gasteiger partial charge is 0.277 e. The summed E-state index contributed by atoms with van der Waals surface area (Å²) in [5.74, 6) is 0.445. The average molecular weight is 426 g/mol. The molecule has 0 atom stereocenters. The lowest BCUT2D eigenvalue weighted by Gasteiger charge is -2.10. The minimum Gasteiger partial charge on any atom is -0.483 e. The summed E-state index contributed by atoms with van der Waals surface area (Å²) in [6.07, 6.45) is 1.72. The molecule has 1 aromatic heterocycles. The van der Waals surface area contributed by atoms with Crippen molar-refractivity contribution in [2.24, 2.45) is 5.10 Å². The second-order valence-electron chi connectivity index (χ2n) is 7.89. The number of ether oxygens (including phenoxy) is 1. The lowest BCUT2D eigenvalue weighted by molar-refractivity contribution is -0.123. The third-order valence-electron chi connectivity index (χ3n) is 5.60. The third kappa shape index (κ3) is 4.57. The number of nitrogens with one attached hydrogen (secondary N) is 1. The van der Waals surface area contributed by atoms with Crippen molar-refractivity contribution >= 4 is 23.0 Å². The Morgan fingerprint density at radius 1 is 0.938 bits per heavy atom. The molecule has 0 unspecified atom stereocenters. The number of hydrazone groups is 1. The summed E-state index contributed by atoms with van der Waals surface area (Å²) in [6.45, 7) is 6.70. The first-order valence-corrected chi connectivity index (χ1v) is 10.7. The summed E-state index contributed by atoms with van der Waals surface area (Å²) >= 11 is 0. The standard InChI is InChI=1S/C27H27N3O2/c1-19-10-9-11-20(2)27(19)32-18-26(31)29-28-16-24-21(3)30(17-22-12-5-4-6-13-22)25-15-8-7-14-23(24)25/h4-16H,17-18H2,1-3H3,(H,29,31)/b28-16+. The van der Waals surface area contributed by atoms with Crippen LogP contribution in [-0.2, 0) is 11.3 Å². The molecule has 1 N–H and O–H groups in total. The highest BCUT2D eigenvalue weighted by atomic mass is 16.5. The van der Waals surface area contributed by atoms with Crippen LogP contribution in [0.4, 0.5) is 0 Å². The molecule has 0 fully saturated rings. The monoisotopic (exact) mass is 425 g/mol. The van der Waals surface area contributed by atoms with Gasteiger partial charge in [-0.15, -0.1) is 0 Å². The molecule has 0 spiro atoms. The maximum absolute atomic E-state index is 12.3. The largest absolute Gasteiger partial charge is 0.483 e. The van der Waals surface area contributed by atoms with Crippen molar-refractivity contribution < 1.29 is 9.53 Å². The molecule has 5 heteroatoms. The van der Waals surface area contributed by atoms with Gasteiger partial charge in [-0.05, 0) is 43.5 Å². The Bertz CT molecular complexity index is 1250. The molecular formula is C27H27N3O2. The summed E-state index contributed by atoms with van der Waals surface area (Å²) in [7, 11) is 0. The number of hydrogen-bond donors (Lipinski definition) is 1. The summed E-state index contributed by atoms with van der Waals surface area (Å²) in [6, 6.07) is 24.5. The van der Waals surface area contributed by atoms with E-state index in [1.807, 2.05) is 50.2 Å². The maximum atomic E-state index is 12.3. The van der Waals surface area contributed by atoms with Gasteiger partial charge < -0.3 is 9.30 Å². The van der Waals surface area contributed by atoms with Gasteiger partial charge in [0.2, 0.25) is 0 Å². The Morgan fingerprint density at radius 2 is 1.62 bits per heavy atom. The number of hydrogen-bond acceptors (Lipinski definition) is 3. The van der Waals surface area contributed by atoms with Gasteiger partial charge in [-0.3, -0.25) is 4.79 Å². The van der Waals surface area contributed by atoms with Gasteiger partial charge in [0.05, 0.1) is 6.21 Å². The van der Waals surface area contributed by atoms with Crippen LogP contribution in [0, 0.1) is 20.8 Å². The maximum Gasteiger partial charge on any atom is 0.277 e. The van der Waals surface area contributed by atoms with Crippen molar-refractivity contribution in [2.75, 3.05) is 6.61 Å². The van der Waals surface area contributed by atoms with Crippen LogP contribution in [0.1, 0.15) is 27.9 Å². The first-order valence-electron chi connectivity index (χ1n) is 10.7. The molecule has 4 rings (SSSR count). The fourth-order valence-electron chi connectivity index (χ4n) is 3.96. The van der Waals surface area contributed by atoms with E-state index in [2.05, 4.69) is 58.4 Å². The molecule has 0 aliphatic heterocycles. The predicted molar refractivity (Wildman–Crippen MR) is 129 cm³/mol. The number of carbonyl (C=O) groups is 1. The van der Waals surface area contributed by atoms with Gasteiger partial charge in [-0.25, -0.2) is 5.43 Å². The quantitative estimate of drug-likeness (QED) is 0.329. The molecule has 0 bridgehead atoms. The molecule has 162 valence electrons. The van der Waals surface area contributed by atoms with Crippen molar-refractivity contribution in [3.8, 4) is 5.75 Å². The molecule has 0 radical (unpaired) electrons. The van der Waals surface area contributed by atoms with Crippen molar-refractivity contribution in [1.29, 1.82) is 0 Å². The summed E-state index contributed by atoms with van der Waals surface area (Å²) in [5, 5.41) is 5.31. The van der Waals surface area contributed by atoms with Crippen LogP contribution in [0.25, 0.3) is 10.9 Å². The lowest BCUT2D eigenvalue weighted by Crippen LogP contribution is -2.25. The molecule has 5 nitrogen and oxygen atoms in total. The molecular weight excluding hydrogens is 398 g/mol. The van der Waals surface area contributed by atoms with Crippen LogP contribution < -0.4 is 10.2 Å². The van der Waals surface area contributed by atoms with Crippen molar-refractivity contribution in [3.63, 3.8) is 0 Å². The van der Waals surface area contributed by atoms with E-state index in [0.717, 1.165) is 45.6 Å². The van der Waals surface area contributed by atoms with Gasteiger partial charge >= 0.3 is 0 Å². The van der Waals surface area contributed by atoms with E-state index in [1.54, 1.807) is 6.21 Å². The second-order valence-corrected chi connectivity index (χ2v) is 7.89. The average Bonchev–Trinajstić information content (AvgIpc) is 3.05. The SMILES string of the molecule is Cc1cccc(C)c1OCC(=O)N/N=C/c1c(C)n(Cc2ccccc2)c2ccccc12. The van der Waals surface area contributed by atoms with E-state index in [4.69, 9.17) is 4.74 Å². The summed E-state index contributed by atoms with van der Waals surface area (Å²) < 4.78 is 7.98. The summed E-state index contributed by atoms with van der Waals surface area (Å²) in [4.78, 5) is 12.3. The number of benzene rings is 3. The number of nitrogens with zero attached hydrogens (tertiary/aromatic N) is 2. The number of carbonyl (C=O) groups excluding carboxylic acids is 1. The molecule has 0 aliphatic rings. The molecule has 0 saturated heterocycles. The predicted octanol–water partition coefficient (Wildman–Crippen LogP) is 5.14. The second kappa shape index (κ2) is 9.52. The zero-order valence-electron chi connectivity index (χ0n) is 18.6. The Morgan fingerprint density at radius 3 is 2.38 bits per heavy atom. The van der Waals surface area contributed by atoms with Crippen LogP contribution in [0.3, 0.4) is 0 Å². The number of amides is 1. The van der Waals surface area contributed by atoms with Crippen LogP contribution in [0.5, 0.6) is 5.75 Å². The first kappa shape index (κ1) is 21.4. The zero-order valence-corrected chi connectivity index (χ0v) is 18.6. The minimum atomic E-state index is -0.297. The molecule has 0 aliphatic carbocycles. The van der Waals surface area contributed by atoms with E-state index in [9.17, 15) is 4.79 Å². The van der Waals surface area contributed by atoms with Gasteiger partial charge in [-0.1, -0.05) is 66.7 Å². The molecule has 3 aromatic carbocycles. The number of para-hydroxylation sites is 2. The van der Waals surface area contributed by atoms with Gasteiger partial charge in [0.15, 0.2) is 6.61 Å². The fourth-order valence-corrected chi connectivity index (χ4v) is 3.96. The van der Waals surface area contributed by atoms with Gasteiger partial charge in [0.1, 0.15) is 5.75 Å². The molecule has 4 aromatic rings.